The predicted octanol–water partition coefficient (Wildman–Crippen LogP) is 1.43. The Morgan fingerprint density at radius 1 is 1.21 bits per heavy atom. The van der Waals surface area contributed by atoms with E-state index in [-0.39, 0.29) is 5.91 Å². The first-order chi connectivity index (χ1) is 6.84. The van der Waals surface area contributed by atoms with Gasteiger partial charge in [0.25, 0.3) is 5.91 Å². The zero-order chi connectivity index (χ0) is 9.54. The third-order valence-electron chi connectivity index (χ3n) is 2.29. The molecule has 0 fully saturated rings. The standard InChI is InChI=1S/C10H7N3O/c14-10-8-5-4-6-2-1-3-7(11-10)9(6)13-12-8/h1-5,13H,(H,11,14). The Balaban J connectivity index is 2.34. The molecule has 4 nitrogen and oxygen atoms in total. The lowest BCUT2D eigenvalue weighted by Gasteiger charge is -2.10. The third kappa shape index (κ3) is 0.877. The molecule has 2 heterocycles. The van der Waals surface area contributed by atoms with Crippen molar-refractivity contribution < 1.29 is 4.79 Å². The summed E-state index contributed by atoms with van der Waals surface area (Å²) in [6, 6.07) is 5.72. The van der Waals surface area contributed by atoms with Crippen molar-refractivity contribution in [2.24, 2.45) is 5.10 Å². The van der Waals surface area contributed by atoms with Crippen LogP contribution in [-0.4, -0.2) is 11.6 Å². The monoisotopic (exact) mass is 185 g/mol. The van der Waals surface area contributed by atoms with Crippen molar-refractivity contribution in [2.45, 2.75) is 0 Å². The van der Waals surface area contributed by atoms with Crippen molar-refractivity contribution in [1.29, 1.82) is 0 Å². The fourth-order valence-corrected chi connectivity index (χ4v) is 1.57. The first kappa shape index (κ1) is 7.32. The van der Waals surface area contributed by atoms with Gasteiger partial charge in [-0.25, -0.2) is 0 Å². The van der Waals surface area contributed by atoms with Crippen LogP contribution in [0.3, 0.4) is 0 Å². The maximum atomic E-state index is 11.5. The average molecular weight is 185 g/mol. The number of amides is 1. The molecule has 2 aliphatic heterocycles. The molecule has 14 heavy (non-hydrogen) atoms. The van der Waals surface area contributed by atoms with Crippen LogP contribution in [0, 0.1) is 0 Å². The van der Waals surface area contributed by atoms with Crippen molar-refractivity contribution in [3.63, 3.8) is 0 Å². The fourth-order valence-electron chi connectivity index (χ4n) is 1.57. The van der Waals surface area contributed by atoms with Gasteiger partial charge < -0.3 is 5.32 Å². The van der Waals surface area contributed by atoms with Crippen LogP contribution in [0.5, 0.6) is 0 Å². The summed E-state index contributed by atoms with van der Waals surface area (Å²) in [5.41, 5.74) is 5.93. The molecule has 1 amide bonds. The van der Waals surface area contributed by atoms with Crippen molar-refractivity contribution in [3.05, 3.63) is 29.8 Å². The van der Waals surface area contributed by atoms with Crippen LogP contribution in [0.15, 0.2) is 29.4 Å². The second-order valence-electron chi connectivity index (χ2n) is 3.17. The summed E-state index contributed by atoms with van der Waals surface area (Å²) in [5.74, 6) is -0.177. The minimum Gasteiger partial charge on any atom is -0.319 e. The zero-order valence-corrected chi connectivity index (χ0v) is 7.24. The summed E-state index contributed by atoms with van der Waals surface area (Å²) in [6.07, 6.45) is 3.59. The topological polar surface area (TPSA) is 53.5 Å². The molecule has 0 spiro atoms. The molecule has 2 bridgehead atoms. The molecular formula is C10H7N3O. The molecule has 0 unspecified atom stereocenters. The summed E-state index contributed by atoms with van der Waals surface area (Å²) in [5, 5.41) is 6.76. The second kappa shape index (κ2) is 2.45. The van der Waals surface area contributed by atoms with Crippen molar-refractivity contribution in [3.8, 4) is 0 Å². The molecule has 2 aliphatic rings. The first-order valence-corrected chi connectivity index (χ1v) is 4.31. The summed E-state index contributed by atoms with van der Waals surface area (Å²) >= 11 is 0. The Labute approximate surface area is 80.3 Å². The number of nitrogens with zero attached hydrogens (tertiary/aromatic N) is 1. The highest BCUT2D eigenvalue weighted by Crippen LogP contribution is 2.30. The number of nitrogens with one attached hydrogen (secondary N) is 2. The van der Waals surface area contributed by atoms with Crippen molar-refractivity contribution >= 4 is 29.1 Å². The number of anilines is 2. The minimum absolute atomic E-state index is 0.177. The molecule has 0 radical (unpaired) electrons. The Morgan fingerprint density at radius 2 is 2.14 bits per heavy atom. The number of benzene rings is 1. The van der Waals surface area contributed by atoms with Gasteiger partial charge in [0.05, 0.1) is 11.4 Å². The number of carbonyl (C=O) groups excluding carboxylic acids is 1. The van der Waals surface area contributed by atoms with Crippen LogP contribution >= 0.6 is 0 Å². The first-order valence-electron chi connectivity index (χ1n) is 4.31. The van der Waals surface area contributed by atoms with Crippen LogP contribution in [-0.2, 0) is 4.79 Å². The molecular weight excluding hydrogens is 178 g/mol. The summed E-state index contributed by atoms with van der Waals surface area (Å²) < 4.78 is 0. The lowest BCUT2D eigenvalue weighted by atomic mass is 10.1. The lowest BCUT2D eigenvalue weighted by Crippen LogP contribution is -2.20. The van der Waals surface area contributed by atoms with Crippen LogP contribution in [0.2, 0.25) is 0 Å². The smallest absolute Gasteiger partial charge is 0.276 e. The van der Waals surface area contributed by atoms with Crippen LogP contribution < -0.4 is 10.7 Å². The molecule has 0 saturated heterocycles. The number of carbonyl (C=O) groups is 1. The molecule has 2 N–H and O–H groups in total. The van der Waals surface area contributed by atoms with Gasteiger partial charge in [-0.15, -0.1) is 0 Å². The molecule has 0 saturated carbocycles. The van der Waals surface area contributed by atoms with E-state index in [1.165, 1.54) is 0 Å². The van der Waals surface area contributed by atoms with E-state index in [9.17, 15) is 4.79 Å². The lowest BCUT2D eigenvalue weighted by molar-refractivity contribution is -0.110. The van der Waals surface area contributed by atoms with Gasteiger partial charge in [-0.2, -0.15) is 5.10 Å². The number of hydrazone groups is 1. The number of rotatable bonds is 0. The Kier molecular flexibility index (Phi) is 1.28. The molecule has 0 atom stereocenters. The van der Waals surface area contributed by atoms with E-state index in [4.69, 9.17) is 0 Å². The third-order valence-corrected chi connectivity index (χ3v) is 2.29. The van der Waals surface area contributed by atoms with E-state index in [0.29, 0.717) is 5.71 Å². The molecule has 1 aromatic rings. The molecule has 0 aliphatic carbocycles. The Bertz CT molecular complexity index is 488. The Morgan fingerprint density at radius 3 is 3.07 bits per heavy atom. The van der Waals surface area contributed by atoms with Crippen molar-refractivity contribution in [2.75, 3.05) is 10.7 Å². The Hall–Kier alpha value is -2.10. The van der Waals surface area contributed by atoms with Crippen molar-refractivity contribution in [1.82, 2.24) is 0 Å². The van der Waals surface area contributed by atoms with Gasteiger partial charge in [-0.1, -0.05) is 18.2 Å². The number of fused-ring (bicyclic) bond motifs is 1. The molecule has 4 heteroatoms. The number of hydrogen-bond donors (Lipinski definition) is 2. The molecule has 68 valence electrons. The van der Waals surface area contributed by atoms with Gasteiger partial charge in [0.2, 0.25) is 0 Å². The maximum Gasteiger partial charge on any atom is 0.276 e. The predicted molar refractivity (Wildman–Crippen MR) is 55.2 cm³/mol. The van der Waals surface area contributed by atoms with E-state index in [1.807, 2.05) is 24.3 Å². The highest BCUT2D eigenvalue weighted by atomic mass is 16.2. The summed E-state index contributed by atoms with van der Waals surface area (Å²) in [7, 11) is 0. The van der Waals surface area contributed by atoms with E-state index in [0.717, 1.165) is 16.9 Å². The minimum atomic E-state index is -0.177. The average Bonchev–Trinajstić information content (AvgIpc) is 2.48. The SMILES string of the molecule is O=C1Nc2cccc3c2NN=C1C=C3. The highest BCUT2D eigenvalue weighted by molar-refractivity contribution is 6.48. The van der Waals surface area contributed by atoms with E-state index in [2.05, 4.69) is 15.8 Å². The van der Waals surface area contributed by atoms with Gasteiger partial charge >= 0.3 is 0 Å². The highest BCUT2D eigenvalue weighted by Gasteiger charge is 2.19. The number of hydrogen-bond acceptors (Lipinski definition) is 3. The number of para-hydroxylation sites is 1. The van der Waals surface area contributed by atoms with Gasteiger partial charge in [0.15, 0.2) is 0 Å². The van der Waals surface area contributed by atoms with Crippen LogP contribution in [0.25, 0.3) is 6.08 Å². The maximum absolute atomic E-state index is 11.5. The molecule has 3 rings (SSSR count). The summed E-state index contributed by atoms with van der Waals surface area (Å²) in [6.45, 7) is 0. The molecule has 1 aromatic carbocycles. The summed E-state index contributed by atoms with van der Waals surface area (Å²) in [4.78, 5) is 11.5. The molecule has 0 aromatic heterocycles. The van der Waals surface area contributed by atoms with E-state index >= 15 is 0 Å². The van der Waals surface area contributed by atoms with Gasteiger partial charge in [0, 0.05) is 5.56 Å². The van der Waals surface area contributed by atoms with Crippen LogP contribution in [0.1, 0.15) is 5.56 Å². The fraction of sp³-hybridized carbons (Fsp3) is 0. The van der Waals surface area contributed by atoms with Gasteiger partial charge in [-0.05, 0) is 12.1 Å². The largest absolute Gasteiger partial charge is 0.319 e. The van der Waals surface area contributed by atoms with Gasteiger partial charge in [-0.3, -0.25) is 10.2 Å². The second-order valence-corrected chi connectivity index (χ2v) is 3.17. The van der Waals surface area contributed by atoms with Gasteiger partial charge in [0.1, 0.15) is 5.71 Å². The van der Waals surface area contributed by atoms with Crippen LogP contribution in [0.4, 0.5) is 11.4 Å². The van der Waals surface area contributed by atoms with E-state index in [1.54, 1.807) is 6.08 Å². The quantitative estimate of drug-likeness (QED) is 0.642. The van der Waals surface area contributed by atoms with E-state index < -0.39 is 0 Å². The normalized spacial score (nSPS) is 16.6. The zero-order valence-electron chi connectivity index (χ0n) is 7.24.